The molecule has 0 aliphatic rings. The summed E-state index contributed by atoms with van der Waals surface area (Å²) < 4.78 is 39.3. The van der Waals surface area contributed by atoms with Crippen molar-refractivity contribution in [1.29, 1.82) is 0 Å². The van der Waals surface area contributed by atoms with Crippen LogP contribution in [0.2, 0.25) is 0 Å². The Kier molecular flexibility index (Phi) is 6.99. The van der Waals surface area contributed by atoms with Crippen LogP contribution in [0.5, 0.6) is 11.5 Å². The van der Waals surface area contributed by atoms with E-state index in [1.54, 1.807) is 42.5 Å². The van der Waals surface area contributed by atoms with Crippen LogP contribution in [0.15, 0.2) is 47.4 Å². The molecule has 0 aliphatic heterocycles. The first kappa shape index (κ1) is 24.5. The number of nitrogens with zero attached hydrogens (tertiary/aromatic N) is 1. The third-order valence-electron chi connectivity index (χ3n) is 4.76. The van der Waals surface area contributed by atoms with E-state index in [0.717, 1.165) is 4.88 Å². The number of carbonyl (C=O) groups excluding carboxylic acids is 1. The molecule has 0 unspecified atom stereocenters. The number of sulfonamides is 1. The monoisotopic (exact) mass is 489 g/mol. The highest BCUT2D eigenvalue weighted by Gasteiger charge is 2.24. The van der Waals surface area contributed by atoms with Crippen molar-refractivity contribution in [2.24, 2.45) is 5.41 Å². The molecule has 1 amide bonds. The Bertz CT molecular complexity index is 1260. The number of carbonyl (C=O) groups is 1. The highest BCUT2D eigenvalue weighted by atomic mass is 32.2. The first-order valence-electron chi connectivity index (χ1n) is 10.1. The Morgan fingerprint density at radius 2 is 1.70 bits per heavy atom. The van der Waals surface area contributed by atoms with Gasteiger partial charge in [0.1, 0.15) is 16.4 Å². The summed E-state index contributed by atoms with van der Waals surface area (Å²) >= 11 is 1.28. The van der Waals surface area contributed by atoms with E-state index in [-0.39, 0.29) is 16.6 Å². The second kappa shape index (κ2) is 9.40. The van der Waals surface area contributed by atoms with Crippen molar-refractivity contribution < 1.29 is 22.7 Å². The van der Waals surface area contributed by atoms with Crippen molar-refractivity contribution in [2.75, 3.05) is 24.3 Å². The number of rotatable bonds is 7. The molecule has 1 heterocycles. The van der Waals surface area contributed by atoms with Crippen LogP contribution in [0.3, 0.4) is 0 Å². The molecular formula is C23H27N3O5S2. The van der Waals surface area contributed by atoms with Crippen LogP contribution in [0.4, 0.5) is 10.8 Å². The smallest absolute Gasteiger partial charge is 0.265 e. The van der Waals surface area contributed by atoms with Gasteiger partial charge in [-0.05, 0) is 55.0 Å². The van der Waals surface area contributed by atoms with Gasteiger partial charge in [0.05, 0.1) is 24.8 Å². The molecule has 3 rings (SSSR count). The minimum atomic E-state index is -3.95. The quantitative estimate of drug-likeness (QED) is 0.488. The van der Waals surface area contributed by atoms with E-state index in [4.69, 9.17) is 9.47 Å². The number of amides is 1. The minimum absolute atomic E-state index is 0.00797. The molecule has 0 atom stereocenters. The van der Waals surface area contributed by atoms with Crippen molar-refractivity contribution in [3.8, 4) is 21.9 Å². The number of thiazole rings is 1. The Labute approximate surface area is 198 Å². The molecule has 2 N–H and O–H groups in total. The molecule has 0 radical (unpaired) electrons. The average Bonchev–Trinajstić information content (AvgIpc) is 3.12. The number of benzene rings is 2. The molecule has 0 fully saturated rings. The number of hydrogen-bond acceptors (Lipinski definition) is 7. The third-order valence-corrected chi connectivity index (χ3v) is 7.28. The zero-order valence-corrected chi connectivity index (χ0v) is 21.0. The maximum absolute atomic E-state index is 13.2. The van der Waals surface area contributed by atoms with E-state index in [1.807, 2.05) is 27.7 Å². The summed E-state index contributed by atoms with van der Waals surface area (Å²) in [6.45, 7) is 7.27. The summed E-state index contributed by atoms with van der Waals surface area (Å²) in [6, 6.07) is 11.5. The summed E-state index contributed by atoms with van der Waals surface area (Å²) in [5.41, 5.74) is 1.16. The number of anilines is 2. The zero-order valence-electron chi connectivity index (χ0n) is 19.3. The van der Waals surface area contributed by atoms with Crippen molar-refractivity contribution in [2.45, 2.75) is 32.6 Å². The van der Waals surface area contributed by atoms with Crippen LogP contribution in [0.1, 0.15) is 26.5 Å². The predicted molar refractivity (Wildman–Crippen MR) is 131 cm³/mol. The maximum Gasteiger partial charge on any atom is 0.265 e. The second-order valence-corrected chi connectivity index (χ2v) is 11.0. The Morgan fingerprint density at radius 1 is 1.03 bits per heavy atom. The molecule has 10 heteroatoms. The molecule has 176 valence electrons. The number of hydrogen-bond donors (Lipinski definition) is 2. The lowest BCUT2D eigenvalue weighted by atomic mass is 9.96. The molecule has 3 aromatic rings. The van der Waals surface area contributed by atoms with Crippen molar-refractivity contribution in [1.82, 2.24) is 4.98 Å². The van der Waals surface area contributed by atoms with E-state index in [2.05, 4.69) is 15.0 Å². The van der Waals surface area contributed by atoms with Crippen LogP contribution in [-0.2, 0) is 14.8 Å². The fraction of sp³-hybridized carbons (Fsp3) is 0.304. The summed E-state index contributed by atoms with van der Waals surface area (Å²) in [4.78, 5) is 17.5. The van der Waals surface area contributed by atoms with E-state index in [0.29, 0.717) is 27.8 Å². The van der Waals surface area contributed by atoms with E-state index >= 15 is 0 Å². The van der Waals surface area contributed by atoms with Crippen LogP contribution in [0, 0.1) is 12.3 Å². The first-order chi connectivity index (χ1) is 15.4. The molecule has 0 bridgehead atoms. The Balaban J connectivity index is 1.96. The summed E-state index contributed by atoms with van der Waals surface area (Å²) in [6.07, 6.45) is 0. The van der Waals surface area contributed by atoms with Crippen molar-refractivity contribution in [3.63, 3.8) is 0 Å². The van der Waals surface area contributed by atoms with Crippen LogP contribution in [-0.4, -0.2) is 33.5 Å². The van der Waals surface area contributed by atoms with Gasteiger partial charge in [-0.25, -0.2) is 13.4 Å². The molecule has 0 aliphatic carbocycles. The number of aromatic nitrogens is 1. The van der Waals surface area contributed by atoms with Gasteiger partial charge in [0, 0.05) is 11.1 Å². The van der Waals surface area contributed by atoms with Gasteiger partial charge in [-0.3, -0.25) is 9.52 Å². The lowest BCUT2D eigenvalue weighted by Gasteiger charge is -2.15. The van der Waals surface area contributed by atoms with Gasteiger partial charge >= 0.3 is 0 Å². The second-order valence-electron chi connectivity index (χ2n) is 8.34. The van der Waals surface area contributed by atoms with E-state index < -0.39 is 15.4 Å². The molecule has 0 spiro atoms. The highest BCUT2D eigenvalue weighted by Crippen LogP contribution is 2.37. The number of ether oxygens (including phenoxy) is 2. The number of nitrogens with one attached hydrogen (secondary N) is 2. The number of aryl methyl sites for hydroxylation is 1. The van der Waals surface area contributed by atoms with Gasteiger partial charge in [0.15, 0.2) is 5.13 Å². The van der Waals surface area contributed by atoms with Crippen molar-refractivity contribution in [3.05, 3.63) is 48.2 Å². The van der Waals surface area contributed by atoms with Gasteiger partial charge in [0.2, 0.25) is 5.91 Å². The molecule has 0 saturated heterocycles. The molecule has 2 aromatic carbocycles. The van der Waals surface area contributed by atoms with Gasteiger partial charge in [-0.1, -0.05) is 32.1 Å². The van der Waals surface area contributed by atoms with Crippen LogP contribution < -0.4 is 19.5 Å². The summed E-state index contributed by atoms with van der Waals surface area (Å²) in [5.74, 6) is 0.681. The van der Waals surface area contributed by atoms with E-state index in [1.165, 1.54) is 25.6 Å². The third kappa shape index (κ3) is 5.63. The van der Waals surface area contributed by atoms with Crippen LogP contribution >= 0.6 is 11.3 Å². The molecule has 33 heavy (non-hydrogen) atoms. The van der Waals surface area contributed by atoms with Gasteiger partial charge < -0.3 is 14.8 Å². The normalized spacial score (nSPS) is 11.7. The average molecular weight is 490 g/mol. The molecule has 8 nitrogen and oxygen atoms in total. The topological polar surface area (TPSA) is 107 Å². The van der Waals surface area contributed by atoms with Gasteiger partial charge in [0.25, 0.3) is 10.0 Å². The zero-order chi connectivity index (χ0) is 24.4. The minimum Gasteiger partial charge on any atom is -0.497 e. The fourth-order valence-electron chi connectivity index (χ4n) is 2.90. The number of methoxy groups -OCH3 is 2. The summed E-state index contributed by atoms with van der Waals surface area (Å²) in [5, 5.41) is 3.28. The SMILES string of the molecule is COc1ccc(NS(=O)(=O)c2cc(-c3sc(NC(=O)C(C)(C)C)nc3C)ccc2OC)cc1. The predicted octanol–water partition coefficient (Wildman–Crippen LogP) is 4.92. The maximum atomic E-state index is 13.2. The molecular weight excluding hydrogens is 462 g/mol. The standard InChI is InChI=1S/C23H27N3O5S2/c1-14-20(32-22(24-14)25-21(27)23(2,3)4)15-7-12-18(31-6)19(13-15)33(28,29)26-16-8-10-17(30-5)11-9-16/h7-13,26H,1-6H3,(H,24,25,27). The Hall–Kier alpha value is -3.11. The van der Waals surface area contributed by atoms with Gasteiger partial charge in [-0.2, -0.15) is 0 Å². The lowest BCUT2D eigenvalue weighted by Crippen LogP contribution is -2.27. The first-order valence-corrected chi connectivity index (χ1v) is 12.4. The summed E-state index contributed by atoms with van der Waals surface area (Å²) in [7, 11) is -0.997. The fourth-order valence-corrected chi connectivity index (χ4v) is 5.11. The largest absolute Gasteiger partial charge is 0.497 e. The van der Waals surface area contributed by atoms with Gasteiger partial charge in [-0.15, -0.1) is 0 Å². The van der Waals surface area contributed by atoms with E-state index in [9.17, 15) is 13.2 Å². The lowest BCUT2D eigenvalue weighted by molar-refractivity contribution is -0.123. The van der Waals surface area contributed by atoms with Crippen molar-refractivity contribution >= 4 is 38.1 Å². The highest BCUT2D eigenvalue weighted by molar-refractivity contribution is 7.92. The molecule has 0 saturated carbocycles. The molecule has 1 aromatic heterocycles. The van der Waals surface area contributed by atoms with Crippen LogP contribution in [0.25, 0.3) is 10.4 Å². The Morgan fingerprint density at radius 3 is 2.27 bits per heavy atom.